The van der Waals surface area contributed by atoms with Gasteiger partial charge in [-0.25, -0.2) is 0 Å². The molecule has 25 heavy (non-hydrogen) atoms. The third kappa shape index (κ3) is 4.20. The zero-order valence-electron chi connectivity index (χ0n) is 13.2. The minimum atomic E-state index is -4.44. The summed E-state index contributed by atoms with van der Waals surface area (Å²) in [5.41, 5.74) is -0.104. The van der Waals surface area contributed by atoms with E-state index in [9.17, 15) is 18.0 Å². The summed E-state index contributed by atoms with van der Waals surface area (Å²) in [5, 5.41) is 8.86. The lowest BCUT2D eigenvalue weighted by molar-refractivity contribution is -0.183. The van der Waals surface area contributed by atoms with E-state index in [0.717, 1.165) is 0 Å². The van der Waals surface area contributed by atoms with E-state index in [-0.39, 0.29) is 24.5 Å². The summed E-state index contributed by atoms with van der Waals surface area (Å²) in [6.07, 6.45) is -3.01. The molecule has 0 radical (unpaired) electrons. The van der Waals surface area contributed by atoms with Crippen molar-refractivity contribution in [2.45, 2.75) is 12.2 Å². The van der Waals surface area contributed by atoms with E-state index in [2.05, 4.69) is 15.8 Å². The molecular formula is C15H17F3N4O3. The highest BCUT2D eigenvalue weighted by Gasteiger charge is 2.43. The third-order valence-corrected chi connectivity index (χ3v) is 3.93. The lowest BCUT2D eigenvalue weighted by Crippen LogP contribution is -2.57. The van der Waals surface area contributed by atoms with Crippen molar-refractivity contribution in [2.24, 2.45) is 0 Å². The molecule has 2 aromatic heterocycles. The van der Waals surface area contributed by atoms with Gasteiger partial charge in [0.05, 0.1) is 6.26 Å². The first-order valence-corrected chi connectivity index (χ1v) is 7.75. The van der Waals surface area contributed by atoms with E-state index < -0.39 is 24.7 Å². The zero-order chi connectivity index (χ0) is 17.9. The van der Waals surface area contributed by atoms with Crippen LogP contribution in [0.1, 0.15) is 10.5 Å². The molecule has 0 saturated carbocycles. The largest absolute Gasteiger partial charge is 0.461 e. The summed E-state index contributed by atoms with van der Waals surface area (Å²) >= 11 is 0. The lowest BCUT2D eigenvalue weighted by atomic mass is 10.2. The Morgan fingerprint density at radius 2 is 2.12 bits per heavy atom. The minimum absolute atomic E-state index is 0.104. The van der Waals surface area contributed by atoms with E-state index in [1.54, 1.807) is 12.1 Å². The van der Waals surface area contributed by atoms with E-state index in [1.165, 1.54) is 17.2 Å². The van der Waals surface area contributed by atoms with Crippen molar-refractivity contribution in [2.75, 3.05) is 32.7 Å². The number of amides is 1. The number of halogens is 3. The third-order valence-electron chi connectivity index (χ3n) is 3.93. The van der Waals surface area contributed by atoms with Crippen molar-refractivity contribution in [3.63, 3.8) is 0 Å². The normalized spacial score (nSPS) is 17.4. The summed E-state index contributed by atoms with van der Waals surface area (Å²) < 4.78 is 49.9. The Balaban J connectivity index is 1.63. The second-order valence-electron chi connectivity index (χ2n) is 5.61. The van der Waals surface area contributed by atoms with Gasteiger partial charge < -0.3 is 19.6 Å². The first kappa shape index (κ1) is 17.5. The van der Waals surface area contributed by atoms with Crippen LogP contribution in [0.25, 0.3) is 11.5 Å². The Bertz CT molecular complexity index is 693. The summed E-state index contributed by atoms with van der Waals surface area (Å²) in [6, 6.07) is 2.84. The molecule has 1 fully saturated rings. The molecule has 10 heteroatoms. The number of aromatic nitrogens is 1. The number of hydrogen-bond acceptors (Lipinski definition) is 6. The van der Waals surface area contributed by atoms with Gasteiger partial charge in [0.2, 0.25) is 5.76 Å². The van der Waals surface area contributed by atoms with E-state index in [0.29, 0.717) is 18.8 Å². The molecule has 3 heterocycles. The van der Waals surface area contributed by atoms with Crippen molar-refractivity contribution in [3.8, 4) is 11.5 Å². The van der Waals surface area contributed by atoms with Crippen LogP contribution in [0.15, 0.2) is 33.4 Å². The second-order valence-corrected chi connectivity index (χ2v) is 5.61. The average Bonchev–Trinajstić information content (AvgIpc) is 3.26. The Labute approximate surface area is 141 Å². The topological polar surface area (TPSA) is 83.5 Å². The van der Waals surface area contributed by atoms with Crippen LogP contribution >= 0.6 is 0 Å². The first-order chi connectivity index (χ1) is 11.9. The van der Waals surface area contributed by atoms with Gasteiger partial charge >= 0.3 is 6.18 Å². The van der Waals surface area contributed by atoms with Crippen LogP contribution in [0.3, 0.4) is 0 Å². The van der Waals surface area contributed by atoms with Gasteiger partial charge in [-0.15, -0.1) is 0 Å². The number of piperazine rings is 1. The SMILES string of the molecule is O=C(NCC(N1CCNCC1)C(F)(F)F)c1cc(-c2ccco2)on1. The lowest BCUT2D eigenvalue weighted by Gasteiger charge is -2.35. The van der Waals surface area contributed by atoms with Crippen LogP contribution in [-0.4, -0.2) is 60.9 Å². The van der Waals surface area contributed by atoms with Crippen LogP contribution in [0.2, 0.25) is 0 Å². The van der Waals surface area contributed by atoms with Crippen molar-refractivity contribution in [1.82, 2.24) is 20.7 Å². The van der Waals surface area contributed by atoms with Crippen LogP contribution in [0.5, 0.6) is 0 Å². The molecular weight excluding hydrogens is 341 g/mol. The Hall–Kier alpha value is -2.33. The van der Waals surface area contributed by atoms with Crippen molar-refractivity contribution in [3.05, 3.63) is 30.2 Å². The number of hydrogen-bond donors (Lipinski definition) is 2. The number of rotatable bonds is 5. The zero-order valence-corrected chi connectivity index (χ0v) is 13.2. The molecule has 3 rings (SSSR count). The maximum atomic E-state index is 13.3. The average molecular weight is 358 g/mol. The predicted octanol–water partition coefficient (Wildman–Crippen LogP) is 1.50. The fourth-order valence-electron chi connectivity index (χ4n) is 2.64. The molecule has 1 aliphatic heterocycles. The number of furan rings is 1. The van der Waals surface area contributed by atoms with E-state index in [1.807, 2.05) is 0 Å². The Morgan fingerprint density at radius 1 is 1.36 bits per heavy atom. The highest BCUT2D eigenvalue weighted by molar-refractivity contribution is 5.92. The molecule has 1 unspecified atom stereocenters. The van der Waals surface area contributed by atoms with Crippen LogP contribution in [-0.2, 0) is 0 Å². The molecule has 0 aliphatic carbocycles. The van der Waals surface area contributed by atoms with Gasteiger partial charge in [-0.3, -0.25) is 9.69 Å². The fourth-order valence-corrected chi connectivity index (χ4v) is 2.64. The van der Waals surface area contributed by atoms with Crippen LogP contribution < -0.4 is 10.6 Å². The van der Waals surface area contributed by atoms with Crippen molar-refractivity contribution < 1.29 is 26.9 Å². The van der Waals surface area contributed by atoms with Gasteiger partial charge in [-0.05, 0) is 12.1 Å². The Kier molecular flexibility index (Phi) is 5.09. The number of nitrogens with one attached hydrogen (secondary N) is 2. The summed E-state index contributed by atoms with van der Waals surface area (Å²) in [5.74, 6) is -0.129. The van der Waals surface area contributed by atoms with Gasteiger partial charge in [0.15, 0.2) is 11.5 Å². The predicted molar refractivity (Wildman–Crippen MR) is 80.8 cm³/mol. The van der Waals surface area contributed by atoms with E-state index >= 15 is 0 Å². The molecule has 0 aromatic carbocycles. The second kappa shape index (κ2) is 7.28. The van der Waals surface area contributed by atoms with Gasteiger partial charge in [0.25, 0.3) is 5.91 Å². The monoisotopic (exact) mass is 358 g/mol. The maximum absolute atomic E-state index is 13.3. The molecule has 136 valence electrons. The highest BCUT2D eigenvalue weighted by atomic mass is 19.4. The van der Waals surface area contributed by atoms with Crippen LogP contribution in [0.4, 0.5) is 13.2 Å². The molecule has 7 nitrogen and oxygen atoms in total. The fraction of sp³-hybridized carbons (Fsp3) is 0.467. The minimum Gasteiger partial charge on any atom is -0.461 e. The Morgan fingerprint density at radius 3 is 2.76 bits per heavy atom. The van der Waals surface area contributed by atoms with Gasteiger partial charge in [0.1, 0.15) is 6.04 Å². The van der Waals surface area contributed by atoms with Gasteiger partial charge in [-0.2, -0.15) is 13.2 Å². The number of nitrogens with zero attached hydrogens (tertiary/aromatic N) is 2. The summed E-state index contributed by atoms with van der Waals surface area (Å²) in [4.78, 5) is 13.4. The molecule has 1 atom stereocenters. The molecule has 1 aliphatic rings. The molecule has 0 spiro atoms. The number of alkyl halides is 3. The smallest absolute Gasteiger partial charge is 0.405 e. The molecule has 2 aromatic rings. The molecule has 0 bridgehead atoms. The summed E-state index contributed by atoms with van der Waals surface area (Å²) in [7, 11) is 0. The maximum Gasteiger partial charge on any atom is 0.405 e. The van der Waals surface area contributed by atoms with Crippen molar-refractivity contribution >= 4 is 5.91 Å². The standard InChI is InChI=1S/C15H17F3N4O3/c16-15(17,18)13(22-5-3-19-4-6-22)9-20-14(23)10-8-12(25-21-10)11-2-1-7-24-11/h1-2,7-8,13,19H,3-6,9H2,(H,20,23). The van der Waals surface area contributed by atoms with Crippen molar-refractivity contribution in [1.29, 1.82) is 0 Å². The highest BCUT2D eigenvalue weighted by Crippen LogP contribution is 2.25. The quantitative estimate of drug-likeness (QED) is 0.843. The summed E-state index contributed by atoms with van der Waals surface area (Å²) in [6.45, 7) is 0.956. The number of carbonyl (C=O) groups is 1. The number of carbonyl (C=O) groups excluding carboxylic acids is 1. The van der Waals surface area contributed by atoms with Crippen LogP contribution in [0, 0.1) is 0 Å². The molecule has 1 saturated heterocycles. The molecule has 1 amide bonds. The first-order valence-electron chi connectivity index (χ1n) is 7.75. The van der Waals surface area contributed by atoms with Gasteiger partial charge in [-0.1, -0.05) is 5.16 Å². The van der Waals surface area contributed by atoms with E-state index in [4.69, 9.17) is 8.94 Å². The van der Waals surface area contributed by atoms with Gasteiger partial charge in [0, 0.05) is 38.8 Å². The molecule has 2 N–H and O–H groups in total.